The minimum absolute atomic E-state index is 0.752. The van der Waals surface area contributed by atoms with Crippen LogP contribution in [0.25, 0.3) is 12.2 Å². The van der Waals surface area contributed by atoms with Gasteiger partial charge in [-0.25, -0.2) is 0 Å². The van der Waals surface area contributed by atoms with Gasteiger partial charge in [0.25, 0.3) is 0 Å². The largest absolute Gasteiger partial charge is 0.493 e. The molecular weight excluding hydrogens is 352 g/mol. The number of hydrogen-bond donors (Lipinski definition) is 0. The summed E-state index contributed by atoms with van der Waals surface area (Å²) in [5.41, 5.74) is 5.15. The molecule has 0 amide bonds. The molecule has 28 heavy (non-hydrogen) atoms. The van der Waals surface area contributed by atoms with Crippen molar-refractivity contribution < 1.29 is 18.9 Å². The second-order valence-electron chi connectivity index (χ2n) is 6.86. The predicted octanol–water partition coefficient (Wildman–Crippen LogP) is 5.76. The van der Waals surface area contributed by atoms with Gasteiger partial charge in [-0.15, -0.1) is 0 Å². The number of ether oxygens (including phenoxy) is 4. The zero-order valence-electron chi connectivity index (χ0n) is 17.1. The van der Waals surface area contributed by atoms with E-state index in [1.807, 2.05) is 24.3 Å². The topological polar surface area (TPSA) is 36.9 Å². The maximum atomic E-state index is 5.42. The van der Waals surface area contributed by atoms with Gasteiger partial charge in [0.05, 0.1) is 28.4 Å². The first-order valence-corrected chi connectivity index (χ1v) is 9.49. The Morgan fingerprint density at radius 2 is 1.04 bits per heavy atom. The molecule has 1 saturated carbocycles. The van der Waals surface area contributed by atoms with E-state index in [0.717, 1.165) is 59.8 Å². The van der Waals surface area contributed by atoms with Crippen LogP contribution in [0.2, 0.25) is 0 Å². The van der Waals surface area contributed by atoms with Gasteiger partial charge in [0.2, 0.25) is 0 Å². The van der Waals surface area contributed by atoms with Gasteiger partial charge in [0.15, 0.2) is 23.0 Å². The van der Waals surface area contributed by atoms with Gasteiger partial charge >= 0.3 is 0 Å². The van der Waals surface area contributed by atoms with Crippen LogP contribution in [0.15, 0.2) is 47.5 Å². The second-order valence-corrected chi connectivity index (χ2v) is 6.86. The summed E-state index contributed by atoms with van der Waals surface area (Å²) in [4.78, 5) is 0. The monoisotopic (exact) mass is 380 g/mol. The van der Waals surface area contributed by atoms with Crippen molar-refractivity contribution in [2.45, 2.75) is 25.7 Å². The van der Waals surface area contributed by atoms with Crippen LogP contribution in [0.1, 0.15) is 36.8 Å². The highest BCUT2D eigenvalue weighted by Crippen LogP contribution is 2.34. The van der Waals surface area contributed by atoms with E-state index in [9.17, 15) is 0 Å². The number of methoxy groups -OCH3 is 4. The summed E-state index contributed by atoms with van der Waals surface area (Å²) in [6.45, 7) is 0. The first kappa shape index (κ1) is 19.9. The summed E-state index contributed by atoms with van der Waals surface area (Å²) in [6, 6.07) is 12.1. The van der Waals surface area contributed by atoms with Crippen molar-refractivity contribution in [2.24, 2.45) is 0 Å². The van der Waals surface area contributed by atoms with Gasteiger partial charge < -0.3 is 18.9 Å². The summed E-state index contributed by atoms with van der Waals surface area (Å²) in [6.07, 6.45) is 8.93. The second kappa shape index (κ2) is 9.36. The number of allylic oxidation sites excluding steroid dienone is 2. The first-order chi connectivity index (χ1) is 13.7. The molecule has 2 aromatic rings. The Labute approximate surface area is 167 Å². The zero-order valence-corrected chi connectivity index (χ0v) is 17.1. The SMILES string of the molecule is COc1ccc(C=C2CCCC(=Cc3ccc(OC)c(OC)c3)C2)cc1OC. The van der Waals surface area contributed by atoms with Crippen molar-refractivity contribution in [3.8, 4) is 23.0 Å². The quantitative estimate of drug-likeness (QED) is 0.638. The van der Waals surface area contributed by atoms with Crippen LogP contribution < -0.4 is 18.9 Å². The minimum Gasteiger partial charge on any atom is -0.493 e. The predicted molar refractivity (Wildman–Crippen MR) is 114 cm³/mol. The molecule has 3 rings (SSSR count). The van der Waals surface area contributed by atoms with Crippen molar-refractivity contribution in [3.63, 3.8) is 0 Å². The lowest BCUT2D eigenvalue weighted by molar-refractivity contribution is 0.355. The molecule has 1 fully saturated rings. The van der Waals surface area contributed by atoms with Crippen molar-refractivity contribution in [3.05, 3.63) is 58.7 Å². The Kier molecular flexibility index (Phi) is 6.64. The van der Waals surface area contributed by atoms with Crippen molar-refractivity contribution in [1.29, 1.82) is 0 Å². The number of benzene rings is 2. The van der Waals surface area contributed by atoms with Crippen molar-refractivity contribution >= 4 is 12.2 Å². The molecule has 2 aromatic carbocycles. The Hall–Kier alpha value is -2.88. The normalized spacial score (nSPS) is 16.9. The van der Waals surface area contributed by atoms with E-state index >= 15 is 0 Å². The van der Waals surface area contributed by atoms with Crippen LogP contribution in [0.4, 0.5) is 0 Å². The molecule has 0 saturated heterocycles. The van der Waals surface area contributed by atoms with Crippen LogP contribution in [0, 0.1) is 0 Å². The molecule has 0 bridgehead atoms. The van der Waals surface area contributed by atoms with Gasteiger partial charge in [0.1, 0.15) is 0 Å². The smallest absolute Gasteiger partial charge is 0.161 e. The third-order valence-corrected chi connectivity index (χ3v) is 5.01. The van der Waals surface area contributed by atoms with Gasteiger partial charge in [-0.1, -0.05) is 35.4 Å². The van der Waals surface area contributed by atoms with Crippen molar-refractivity contribution in [2.75, 3.05) is 28.4 Å². The van der Waals surface area contributed by atoms with Crippen LogP contribution >= 0.6 is 0 Å². The van der Waals surface area contributed by atoms with Crippen LogP contribution in [-0.4, -0.2) is 28.4 Å². The summed E-state index contributed by atoms with van der Waals surface area (Å²) >= 11 is 0. The highest BCUT2D eigenvalue weighted by atomic mass is 16.5. The fourth-order valence-corrected chi connectivity index (χ4v) is 3.61. The van der Waals surface area contributed by atoms with E-state index < -0.39 is 0 Å². The van der Waals surface area contributed by atoms with Gasteiger partial charge in [-0.3, -0.25) is 0 Å². The third-order valence-electron chi connectivity index (χ3n) is 5.01. The summed E-state index contributed by atoms with van der Waals surface area (Å²) in [7, 11) is 6.64. The molecule has 0 spiro atoms. The Morgan fingerprint density at radius 1 is 0.607 bits per heavy atom. The molecule has 4 nitrogen and oxygen atoms in total. The molecule has 1 aliphatic rings. The lowest BCUT2D eigenvalue weighted by Crippen LogP contribution is -1.98. The maximum Gasteiger partial charge on any atom is 0.161 e. The van der Waals surface area contributed by atoms with E-state index in [4.69, 9.17) is 18.9 Å². The molecule has 0 atom stereocenters. The average Bonchev–Trinajstić information content (AvgIpc) is 2.73. The number of rotatable bonds is 6. The lowest BCUT2D eigenvalue weighted by Gasteiger charge is -2.18. The van der Waals surface area contributed by atoms with Gasteiger partial charge in [-0.05, 0) is 61.1 Å². The van der Waals surface area contributed by atoms with E-state index in [1.165, 1.54) is 11.1 Å². The molecule has 0 unspecified atom stereocenters. The summed E-state index contributed by atoms with van der Waals surface area (Å²) in [5, 5.41) is 0. The molecule has 0 aromatic heterocycles. The van der Waals surface area contributed by atoms with Crippen molar-refractivity contribution in [1.82, 2.24) is 0 Å². The molecule has 0 aliphatic heterocycles. The fourth-order valence-electron chi connectivity index (χ4n) is 3.61. The van der Waals surface area contributed by atoms with E-state index in [2.05, 4.69) is 24.3 Å². The lowest BCUT2D eigenvalue weighted by atomic mass is 9.88. The highest BCUT2D eigenvalue weighted by Gasteiger charge is 2.12. The van der Waals surface area contributed by atoms with Crippen LogP contribution in [-0.2, 0) is 0 Å². The molecule has 0 heterocycles. The van der Waals surface area contributed by atoms with Gasteiger partial charge in [0, 0.05) is 0 Å². The molecule has 148 valence electrons. The van der Waals surface area contributed by atoms with E-state index in [0.29, 0.717) is 0 Å². The molecule has 0 N–H and O–H groups in total. The molecular formula is C24H28O4. The summed E-state index contributed by atoms with van der Waals surface area (Å²) < 4.78 is 21.5. The Bertz CT molecular complexity index is 809. The summed E-state index contributed by atoms with van der Waals surface area (Å²) in [5.74, 6) is 3.02. The Morgan fingerprint density at radius 3 is 1.43 bits per heavy atom. The molecule has 1 aliphatic carbocycles. The van der Waals surface area contributed by atoms with E-state index in [1.54, 1.807) is 28.4 Å². The fraction of sp³-hybridized carbons (Fsp3) is 0.333. The maximum absolute atomic E-state index is 5.42. The zero-order chi connectivity index (χ0) is 19.9. The molecule has 4 heteroatoms. The number of hydrogen-bond acceptors (Lipinski definition) is 4. The van der Waals surface area contributed by atoms with Crippen LogP contribution in [0.3, 0.4) is 0 Å². The van der Waals surface area contributed by atoms with Gasteiger partial charge in [-0.2, -0.15) is 0 Å². The van der Waals surface area contributed by atoms with Crippen LogP contribution in [0.5, 0.6) is 23.0 Å². The van der Waals surface area contributed by atoms with E-state index in [-0.39, 0.29) is 0 Å². The molecule has 0 radical (unpaired) electrons. The minimum atomic E-state index is 0.752. The Balaban J connectivity index is 1.80. The first-order valence-electron chi connectivity index (χ1n) is 9.49. The highest BCUT2D eigenvalue weighted by molar-refractivity contribution is 5.62. The third kappa shape index (κ3) is 4.69. The average molecular weight is 380 g/mol. The standard InChI is InChI=1S/C24H28O4/c1-25-21-10-8-19(15-23(21)27-3)13-17-6-5-7-18(12-17)14-20-9-11-22(26-2)24(16-20)28-4/h8-11,13-16H,5-7,12H2,1-4H3.